The summed E-state index contributed by atoms with van der Waals surface area (Å²) in [5.41, 5.74) is 4.80. The molecule has 4 nitrogen and oxygen atoms in total. The fourth-order valence-electron chi connectivity index (χ4n) is 4.89. The number of aliphatic imine (C=N–C) groups is 2. The Labute approximate surface area is 202 Å². The number of rotatable bonds is 3. The summed E-state index contributed by atoms with van der Waals surface area (Å²) >= 11 is 0. The summed E-state index contributed by atoms with van der Waals surface area (Å²) in [5.74, 6) is 1.50. The summed E-state index contributed by atoms with van der Waals surface area (Å²) in [7, 11) is 0. The Morgan fingerprint density at radius 2 is 1.37 bits per heavy atom. The topological polar surface area (TPSA) is 49.9 Å². The molecule has 0 bridgehead atoms. The van der Waals surface area contributed by atoms with Crippen LogP contribution in [0, 0.1) is 0 Å². The fraction of sp³-hybridized carbons (Fsp3) is 0.0323. The summed E-state index contributed by atoms with van der Waals surface area (Å²) in [6.07, 6.45) is -0.246. The predicted molar refractivity (Wildman–Crippen MR) is 143 cm³/mol. The first-order valence-corrected chi connectivity index (χ1v) is 11.7. The number of amidine groups is 2. The highest BCUT2D eigenvalue weighted by Gasteiger charge is 2.24. The zero-order valence-electron chi connectivity index (χ0n) is 18.8. The van der Waals surface area contributed by atoms with Crippen LogP contribution in [-0.4, -0.2) is 11.7 Å². The second-order valence-corrected chi connectivity index (χ2v) is 8.68. The third-order valence-electron chi connectivity index (χ3n) is 6.53. The Morgan fingerprint density at radius 1 is 0.629 bits per heavy atom. The van der Waals surface area contributed by atoms with E-state index < -0.39 is 0 Å². The zero-order chi connectivity index (χ0) is 23.2. The fourth-order valence-corrected chi connectivity index (χ4v) is 4.89. The van der Waals surface area contributed by atoms with Gasteiger partial charge >= 0.3 is 0 Å². The van der Waals surface area contributed by atoms with Crippen LogP contribution in [0.15, 0.2) is 130 Å². The van der Waals surface area contributed by atoms with Crippen molar-refractivity contribution >= 4 is 44.4 Å². The molecule has 166 valence electrons. The molecule has 1 unspecified atom stereocenters. The van der Waals surface area contributed by atoms with Crippen molar-refractivity contribution in [1.82, 2.24) is 5.32 Å². The summed E-state index contributed by atoms with van der Waals surface area (Å²) < 4.78 is 6.30. The second-order valence-electron chi connectivity index (χ2n) is 8.68. The Morgan fingerprint density at radius 3 is 2.23 bits per heavy atom. The van der Waals surface area contributed by atoms with E-state index in [1.807, 2.05) is 48.5 Å². The third kappa shape index (κ3) is 3.30. The van der Waals surface area contributed by atoms with Gasteiger partial charge in [-0.25, -0.2) is 9.98 Å². The van der Waals surface area contributed by atoms with Crippen LogP contribution in [0.5, 0.6) is 0 Å². The van der Waals surface area contributed by atoms with E-state index in [4.69, 9.17) is 14.4 Å². The number of nitrogens with zero attached hydrogens (tertiary/aromatic N) is 2. The average Bonchev–Trinajstić information content (AvgIpc) is 3.33. The van der Waals surface area contributed by atoms with E-state index in [2.05, 4.69) is 72.0 Å². The van der Waals surface area contributed by atoms with Crippen molar-refractivity contribution in [2.75, 3.05) is 0 Å². The van der Waals surface area contributed by atoms with Crippen LogP contribution in [0.2, 0.25) is 0 Å². The van der Waals surface area contributed by atoms with Crippen LogP contribution in [0.25, 0.3) is 32.7 Å². The molecule has 0 saturated carbocycles. The van der Waals surface area contributed by atoms with Gasteiger partial charge in [0.15, 0.2) is 5.84 Å². The zero-order valence-corrected chi connectivity index (χ0v) is 18.8. The van der Waals surface area contributed by atoms with E-state index in [0.29, 0.717) is 5.84 Å². The van der Waals surface area contributed by atoms with Crippen molar-refractivity contribution < 1.29 is 4.42 Å². The van der Waals surface area contributed by atoms with Gasteiger partial charge in [-0.05, 0) is 28.5 Å². The minimum Gasteiger partial charge on any atom is -0.456 e. The van der Waals surface area contributed by atoms with Gasteiger partial charge in [0.1, 0.15) is 23.2 Å². The molecule has 0 aliphatic carbocycles. The highest BCUT2D eigenvalue weighted by Crippen LogP contribution is 2.37. The second kappa shape index (κ2) is 7.96. The molecule has 0 amide bonds. The van der Waals surface area contributed by atoms with E-state index >= 15 is 0 Å². The number of furan rings is 1. The molecule has 2 heterocycles. The standard InChI is InChI=1S/C31H21N3O/c1-3-11-21(12-4-1)29-32-30(22-13-5-2-6-14-22)34-31(33-29)24-16-9-17-25-28(24)27-23-15-8-7-10-20(23)18-19-26(27)35-25/h1-19,29H,(H,32,33,34). The van der Waals surface area contributed by atoms with Gasteiger partial charge < -0.3 is 9.73 Å². The quantitative estimate of drug-likeness (QED) is 0.308. The van der Waals surface area contributed by atoms with Gasteiger partial charge in [-0.2, -0.15) is 0 Å². The number of hydrogen-bond acceptors (Lipinski definition) is 4. The molecule has 7 rings (SSSR count). The molecule has 1 N–H and O–H groups in total. The monoisotopic (exact) mass is 451 g/mol. The summed E-state index contributed by atoms with van der Waals surface area (Å²) in [6.45, 7) is 0. The average molecular weight is 452 g/mol. The van der Waals surface area contributed by atoms with Crippen LogP contribution in [0.1, 0.15) is 22.9 Å². The van der Waals surface area contributed by atoms with E-state index in [0.717, 1.165) is 44.5 Å². The van der Waals surface area contributed by atoms with Gasteiger partial charge in [0.2, 0.25) is 0 Å². The summed E-state index contributed by atoms with van der Waals surface area (Å²) in [6, 6.07) is 39.2. The lowest BCUT2D eigenvalue weighted by molar-refractivity contribution is 0.668. The van der Waals surface area contributed by atoms with Crippen LogP contribution >= 0.6 is 0 Å². The summed E-state index contributed by atoms with van der Waals surface area (Å²) in [5, 5.41) is 8.13. The van der Waals surface area contributed by atoms with Gasteiger partial charge in [-0.15, -0.1) is 0 Å². The van der Waals surface area contributed by atoms with Crippen LogP contribution in [0.4, 0.5) is 0 Å². The molecule has 0 saturated heterocycles. The lowest BCUT2D eigenvalue weighted by Gasteiger charge is -2.24. The van der Waals surface area contributed by atoms with Crippen molar-refractivity contribution in [3.63, 3.8) is 0 Å². The normalized spacial score (nSPS) is 15.7. The van der Waals surface area contributed by atoms with E-state index in [1.54, 1.807) is 0 Å². The van der Waals surface area contributed by atoms with Gasteiger partial charge in [0.05, 0.1) is 0 Å². The van der Waals surface area contributed by atoms with Crippen LogP contribution in [-0.2, 0) is 0 Å². The highest BCUT2D eigenvalue weighted by atomic mass is 16.3. The Bertz CT molecular complexity index is 1770. The first-order valence-electron chi connectivity index (χ1n) is 11.7. The predicted octanol–water partition coefficient (Wildman–Crippen LogP) is 7.23. The van der Waals surface area contributed by atoms with Gasteiger partial charge in [0, 0.05) is 21.9 Å². The van der Waals surface area contributed by atoms with Crippen molar-refractivity contribution in [2.45, 2.75) is 6.17 Å². The molecule has 1 aliphatic rings. The maximum atomic E-state index is 6.30. The molecule has 1 aromatic heterocycles. The van der Waals surface area contributed by atoms with Crippen molar-refractivity contribution in [3.05, 3.63) is 132 Å². The number of nitrogens with one attached hydrogen (secondary N) is 1. The Hall–Kier alpha value is -4.70. The molecular weight excluding hydrogens is 430 g/mol. The summed E-state index contributed by atoms with van der Waals surface area (Å²) in [4.78, 5) is 10.0. The van der Waals surface area contributed by atoms with Gasteiger partial charge in [-0.1, -0.05) is 103 Å². The number of hydrogen-bond donors (Lipinski definition) is 1. The smallest absolute Gasteiger partial charge is 0.159 e. The van der Waals surface area contributed by atoms with E-state index in [9.17, 15) is 0 Å². The van der Waals surface area contributed by atoms with E-state index in [1.165, 1.54) is 10.8 Å². The van der Waals surface area contributed by atoms with Gasteiger partial charge in [0.25, 0.3) is 0 Å². The maximum Gasteiger partial charge on any atom is 0.159 e. The first kappa shape index (κ1) is 19.7. The lowest BCUT2D eigenvalue weighted by Crippen LogP contribution is -2.33. The maximum absolute atomic E-state index is 6.30. The molecule has 4 heteroatoms. The van der Waals surface area contributed by atoms with Crippen LogP contribution < -0.4 is 5.32 Å². The molecule has 1 atom stereocenters. The van der Waals surface area contributed by atoms with E-state index in [-0.39, 0.29) is 6.17 Å². The highest BCUT2D eigenvalue weighted by molar-refractivity contribution is 6.26. The first-order chi connectivity index (χ1) is 17.3. The number of benzene rings is 5. The molecule has 0 spiro atoms. The van der Waals surface area contributed by atoms with Crippen molar-refractivity contribution in [1.29, 1.82) is 0 Å². The molecule has 35 heavy (non-hydrogen) atoms. The van der Waals surface area contributed by atoms with Gasteiger partial charge in [-0.3, -0.25) is 0 Å². The molecule has 0 fully saturated rings. The SMILES string of the molecule is c1ccc(C2=NC(c3ccccc3)NC(c3cccc4oc5ccc6ccccc6c5c34)=N2)cc1. The minimum absolute atomic E-state index is 0.246. The minimum atomic E-state index is -0.246. The van der Waals surface area contributed by atoms with Crippen molar-refractivity contribution in [3.8, 4) is 0 Å². The third-order valence-corrected chi connectivity index (χ3v) is 6.53. The van der Waals surface area contributed by atoms with Crippen molar-refractivity contribution in [2.24, 2.45) is 9.98 Å². The van der Waals surface area contributed by atoms with Crippen LogP contribution in [0.3, 0.4) is 0 Å². The Balaban J connectivity index is 1.49. The molecule has 0 radical (unpaired) electrons. The molecular formula is C31H21N3O. The molecule has 5 aromatic carbocycles. The number of fused-ring (bicyclic) bond motifs is 5. The molecule has 1 aliphatic heterocycles. The largest absolute Gasteiger partial charge is 0.456 e. The molecule has 6 aromatic rings. The Kier molecular flexibility index (Phi) is 4.49. The lowest BCUT2D eigenvalue weighted by atomic mass is 9.99.